The summed E-state index contributed by atoms with van der Waals surface area (Å²) in [7, 11) is 0. The third kappa shape index (κ3) is 5.59. The van der Waals surface area contributed by atoms with Crippen LogP contribution in [0, 0.1) is 0 Å². The van der Waals surface area contributed by atoms with E-state index in [4.69, 9.17) is 4.74 Å². The normalized spacial score (nSPS) is 22.2. The first-order valence-electron chi connectivity index (χ1n) is 8.73. The third-order valence-electron chi connectivity index (χ3n) is 4.64. The molecule has 1 aliphatic rings. The zero-order valence-electron chi connectivity index (χ0n) is 14.4. The summed E-state index contributed by atoms with van der Waals surface area (Å²) in [6.07, 6.45) is 7.04. The fourth-order valence-corrected chi connectivity index (χ4v) is 3.39. The van der Waals surface area contributed by atoms with Crippen LogP contribution < -0.4 is 5.32 Å². The Labute approximate surface area is 130 Å². The summed E-state index contributed by atoms with van der Waals surface area (Å²) >= 11 is 0. The van der Waals surface area contributed by atoms with Gasteiger partial charge >= 0.3 is 5.97 Å². The first kappa shape index (κ1) is 18.4. The van der Waals surface area contributed by atoms with Gasteiger partial charge in [0.25, 0.3) is 0 Å². The maximum Gasteiger partial charge on any atom is 0.326 e. The van der Waals surface area contributed by atoms with Gasteiger partial charge in [-0.1, -0.05) is 13.8 Å². The van der Waals surface area contributed by atoms with Gasteiger partial charge in [0.2, 0.25) is 0 Å². The molecule has 1 aliphatic heterocycles. The molecule has 1 N–H and O–H groups in total. The molecular formula is C17H34N2O2. The van der Waals surface area contributed by atoms with Gasteiger partial charge < -0.3 is 15.0 Å². The Balaban J connectivity index is 2.34. The lowest BCUT2D eigenvalue weighted by Crippen LogP contribution is -2.50. The number of rotatable bonds is 10. The number of hydrogen-bond donors (Lipinski definition) is 1. The molecule has 0 aromatic rings. The van der Waals surface area contributed by atoms with E-state index >= 15 is 0 Å². The second-order valence-corrected chi connectivity index (χ2v) is 6.28. The van der Waals surface area contributed by atoms with E-state index in [1.54, 1.807) is 0 Å². The van der Waals surface area contributed by atoms with Gasteiger partial charge in [-0.05, 0) is 72.0 Å². The molecular weight excluding hydrogens is 264 g/mol. The molecule has 21 heavy (non-hydrogen) atoms. The van der Waals surface area contributed by atoms with Crippen molar-refractivity contribution < 1.29 is 9.53 Å². The van der Waals surface area contributed by atoms with E-state index in [9.17, 15) is 4.79 Å². The second kappa shape index (κ2) is 9.42. The topological polar surface area (TPSA) is 41.6 Å². The van der Waals surface area contributed by atoms with E-state index in [2.05, 4.69) is 17.1 Å². The van der Waals surface area contributed by atoms with Crippen LogP contribution in [0.5, 0.6) is 0 Å². The Bertz CT molecular complexity index is 309. The molecule has 1 rings (SSSR count). The van der Waals surface area contributed by atoms with Crippen molar-refractivity contribution in [3.8, 4) is 0 Å². The van der Waals surface area contributed by atoms with Crippen LogP contribution in [0.3, 0.4) is 0 Å². The van der Waals surface area contributed by atoms with Gasteiger partial charge in [-0.25, -0.2) is 0 Å². The zero-order valence-corrected chi connectivity index (χ0v) is 14.4. The predicted molar refractivity (Wildman–Crippen MR) is 87.5 cm³/mol. The van der Waals surface area contributed by atoms with Crippen molar-refractivity contribution in [3.05, 3.63) is 0 Å². The van der Waals surface area contributed by atoms with Crippen LogP contribution in [-0.2, 0) is 9.53 Å². The molecule has 2 unspecified atom stereocenters. The molecule has 1 saturated heterocycles. The van der Waals surface area contributed by atoms with Gasteiger partial charge in [0.1, 0.15) is 5.54 Å². The average molecular weight is 298 g/mol. The standard InChI is InChI=1S/C17H34N2O2/c1-5-15-11-10-14-19(15)13-9-8-12-17(4,18-6-2)16(20)21-7-3/h15,18H,5-14H2,1-4H3. The Kier molecular flexibility index (Phi) is 8.27. The monoisotopic (exact) mass is 298 g/mol. The molecule has 0 saturated carbocycles. The summed E-state index contributed by atoms with van der Waals surface area (Å²) < 4.78 is 5.21. The quantitative estimate of drug-likeness (QED) is 0.497. The minimum atomic E-state index is -0.528. The number of esters is 1. The van der Waals surface area contributed by atoms with Crippen molar-refractivity contribution >= 4 is 5.97 Å². The number of likely N-dealkylation sites (tertiary alicyclic amines) is 1. The van der Waals surface area contributed by atoms with E-state index in [1.165, 1.54) is 32.4 Å². The van der Waals surface area contributed by atoms with Crippen molar-refractivity contribution in [1.29, 1.82) is 0 Å². The fourth-order valence-electron chi connectivity index (χ4n) is 3.39. The molecule has 2 atom stereocenters. The number of ether oxygens (including phenoxy) is 1. The summed E-state index contributed by atoms with van der Waals surface area (Å²) in [5.41, 5.74) is -0.528. The Morgan fingerprint density at radius 1 is 1.33 bits per heavy atom. The van der Waals surface area contributed by atoms with Crippen molar-refractivity contribution in [1.82, 2.24) is 10.2 Å². The highest BCUT2D eigenvalue weighted by Crippen LogP contribution is 2.21. The number of unbranched alkanes of at least 4 members (excludes halogenated alkanes) is 1. The van der Waals surface area contributed by atoms with Crippen molar-refractivity contribution in [2.75, 3.05) is 26.2 Å². The average Bonchev–Trinajstić information content (AvgIpc) is 2.91. The Morgan fingerprint density at radius 3 is 2.71 bits per heavy atom. The van der Waals surface area contributed by atoms with E-state index in [-0.39, 0.29) is 5.97 Å². The number of nitrogens with zero attached hydrogens (tertiary/aromatic N) is 1. The maximum absolute atomic E-state index is 12.1. The van der Waals surface area contributed by atoms with Gasteiger partial charge in [0.15, 0.2) is 0 Å². The lowest BCUT2D eigenvalue weighted by Gasteiger charge is -2.29. The number of carbonyl (C=O) groups excluding carboxylic acids is 1. The molecule has 0 aliphatic carbocycles. The molecule has 0 amide bonds. The molecule has 1 heterocycles. The third-order valence-corrected chi connectivity index (χ3v) is 4.64. The molecule has 0 aromatic carbocycles. The fraction of sp³-hybridized carbons (Fsp3) is 0.941. The summed E-state index contributed by atoms with van der Waals surface area (Å²) in [5, 5.41) is 3.30. The van der Waals surface area contributed by atoms with E-state index in [1.807, 2.05) is 20.8 Å². The van der Waals surface area contributed by atoms with Crippen LogP contribution in [0.1, 0.15) is 66.2 Å². The smallest absolute Gasteiger partial charge is 0.326 e. The highest BCUT2D eigenvalue weighted by atomic mass is 16.5. The maximum atomic E-state index is 12.1. The molecule has 0 spiro atoms. The molecule has 4 nitrogen and oxygen atoms in total. The highest BCUT2D eigenvalue weighted by molar-refractivity contribution is 5.80. The van der Waals surface area contributed by atoms with E-state index in [0.29, 0.717) is 6.61 Å². The lowest BCUT2D eigenvalue weighted by molar-refractivity contribution is -0.150. The molecule has 124 valence electrons. The SMILES string of the molecule is CCNC(C)(CCCCN1CCCC1CC)C(=O)OCC. The van der Waals surface area contributed by atoms with Crippen molar-refractivity contribution in [3.63, 3.8) is 0 Å². The van der Waals surface area contributed by atoms with Gasteiger partial charge in [0, 0.05) is 6.04 Å². The van der Waals surface area contributed by atoms with Crippen molar-refractivity contribution in [2.24, 2.45) is 0 Å². The predicted octanol–water partition coefficient (Wildman–Crippen LogP) is 2.96. The number of nitrogens with one attached hydrogen (secondary N) is 1. The minimum Gasteiger partial charge on any atom is -0.465 e. The first-order chi connectivity index (χ1) is 10.1. The molecule has 0 bridgehead atoms. The van der Waals surface area contributed by atoms with E-state index < -0.39 is 5.54 Å². The largest absolute Gasteiger partial charge is 0.465 e. The van der Waals surface area contributed by atoms with Crippen LogP contribution in [0.4, 0.5) is 0 Å². The van der Waals surface area contributed by atoms with Gasteiger partial charge in [-0.15, -0.1) is 0 Å². The van der Waals surface area contributed by atoms with Gasteiger partial charge in [0.05, 0.1) is 6.61 Å². The van der Waals surface area contributed by atoms with Gasteiger partial charge in [-0.3, -0.25) is 4.79 Å². The van der Waals surface area contributed by atoms with Crippen LogP contribution in [0.25, 0.3) is 0 Å². The summed E-state index contributed by atoms with van der Waals surface area (Å²) in [4.78, 5) is 14.7. The summed E-state index contributed by atoms with van der Waals surface area (Å²) in [6.45, 7) is 11.8. The Hall–Kier alpha value is -0.610. The van der Waals surface area contributed by atoms with E-state index in [0.717, 1.165) is 31.8 Å². The van der Waals surface area contributed by atoms with Crippen molar-refractivity contribution in [2.45, 2.75) is 77.8 Å². The van der Waals surface area contributed by atoms with Crippen LogP contribution >= 0.6 is 0 Å². The number of hydrogen-bond acceptors (Lipinski definition) is 4. The molecule has 0 aromatic heterocycles. The number of carbonyl (C=O) groups is 1. The van der Waals surface area contributed by atoms with Crippen LogP contribution in [-0.4, -0.2) is 48.7 Å². The Morgan fingerprint density at radius 2 is 2.10 bits per heavy atom. The first-order valence-corrected chi connectivity index (χ1v) is 8.73. The molecule has 0 radical (unpaired) electrons. The number of likely N-dealkylation sites (N-methyl/N-ethyl adjacent to an activating group) is 1. The second-order valence-electron chi connectivity index (χ2n) is 6.28. The zero-order chi connectivity index (χ0) is 15.7. The molecule has 4 heteroatoms. The van der Waals surface area contributed by atoms with Gasteiger partial charge in [-0.2, -0.15) is 0 Å². The lowest BCUT2D eigenvalue weighted by atomic mass is 9.94. The van der Waals surface area contributed by atoms with Crippen LogP contribution in [0.2, 0.25) is 0 Å². The molecule has 1 fully saturated rings. The summed E-state index contributed by atoms with van der Waals surface area (Å²) in [5.74, 6) is -0.112. The summed E-state index contributed by atoms with van der Waals surface area (Å²) in [6, 6.07) is 0.787. The van der Waals surface area contributed by atoms with Crippen LogP contribution in [0.15, 0.2) is 0 Å². The minimum absolute atomic E-state index is 0.112. The highest BCUT2D eigenvalue weighted by Gasteiger charge is 2.33.